The topological polar surface area (TPSA) is 87.2 Å². The maximum Gasteiger partial charge on any atom is 0.311 e. The number of hydrogen-bond donors (Lipinski definition) is 1. The third kappa shape index (κ3) is 5.59. The number of aliphatic hydroxyl groups is 1. The Morgan fingerprint density at radius 2 is 2.03 bits per heavy atom. The van der Waals surface area contributed by atoms with Gasteiger partial charge in [0.15, 0.2) is 0 Å². The molecule has 2 bridgehead atoms. The van der Waals surface area contributed by atoms with Crippen LogP contribution in [0.4, 0.5) is 0 Å². The van der Waals surface area contributed by atoms with Gasteiger partial charge in [0, 0.05) is 23.2 Å². The van der Waals surface area contributed by atoms with Gasteiger partial charge in [0.1, 0.15) is 12.6 Å². The van der Waals surface area contributed by atoms with Crippen LogP contribution in [0.15, 0.2) is 55.6 Å². The molecule has 3 aliphatic rings. The Morgan fingerprint density at radius 1 is 1.28 bits per heavy atom. The Bertz CT molecular complexity index is 1070. The summed E-state index contributed by atoms with van der Waals surface area (Å²) in [5, 5.41) is 10.4. The second-order valence-electron chi connectivity index (χ2n) is 10.6. The predicted molar refractivity (Wildman–Crippen MR) is 158 cm³/mol. The van der Waals surface area contributed by atoms with E-state index in [9.17, 15) is 19.5 Å². The van der Waals surface area contributed by atoms with Crippen LogP contribution in [0.5, 0.6) is 0 Å². The van der Waals surface area contributed by atoms with E-state index >= 15 is 0 Å². The summed E-state index contributed by atoms with van der Waals surface area (Å²) < 4.78 is 4.68. The molecule has 7 atom stereocenters. The van der Waals surface area contributed by atoms with Crippen molar-refractivity contribution in [2.75, 3.05) is 26.3 Å². The second kappa shape index (κ2) is 13.0. The highest BCUT2D eigenvalue weighted by Crippen LogP contribution is 2.68. The number of amides is 2. The quantitative estimate of drug-likeness (QED) is 0.147. The molecule has 2 amide bonds. The lowest BCUT2D eigenvalue weighted by atomic mass is 9.71. The molecule has 4 rings (SSSR count). The zero-order chi connectivity index (χ0) is 28.2. The van der Waals surface area contributed by atoms with Gasteiger partial charge in [0.25, 0.3) is 0 Å². The van der Waals surface area contributed by atoms with Gasteiger partial charge in [-0.2, -0.15) is 0 Å². The molecule has 3 heterocycles. The first-order valence-electron chi connectivity index (χ1n) is 13.8. The van der Waals surface area contributed by atoms with Gasteiger partial charge in [-0.1, -0.05) is 84.8 Å². The normalized spacial score (nSPS) is 29.7. The zero-order valence-corrected chi connectivity index (χ0v) is 24.9. The maximum absolute atomic E-state index is 14.5. The second-order valence-corrected chi connectivity index (χ2v) is 13.4. The number of rotatable bonds is 14. The summed E-state index contributed by atoms with van der Waals surface area (Å²) in [6, 6.07) is 8.27. The molecule has 9 heteroatoms. The van der Waals surface area contributed by atoms with Gasteiger partial charge in [-0.3, -0.25) is 14.4 Å². The molecule has 0 aliphatic carbocycles. The molecule has 1 aromatic carbocycles. The van der Waals surface area contributed by atoms with Crippen LogP contribution < -0.4 is 0 Å². The number of thioether (sulfide) groups is 1. The van der Waals surface area contributed by atoms with E-state index in [4.69, 9.17) is 4.74 Å². The van der Waals surface area contributed by atoms with Crippen LogP contribution in [-0.2, 0) is 25.5 Å². The molecule has 3 fully saturated rings. The smallest absolute Gasteiger partial charge is 0.311 e. The van der Waals surface area contributed by atoms with E-state index in [-0.39, 0.29) is 35.1 Å². The molecule has 1 aromatic rings. The first kappa shape index (κ1) is 29.9. The summed E-state index contributed by atoms with van der Waals surface area (Å²) in [6.45, 7) is 10.3. The lowest BCUT2D eigenvalue weighted by Crippen LogP contribution is -2.58. The van der Waals surface area contributed by atoms with Gasteiger partial charge in [0.2, 0.25) is 11.8 Å². The van der Waals surface area contributed by atoms with Crippen LogP contribution in [0.3, 0.4) is 0 Å². The van der Waals surface area contributed by atoms with Crippen molar-refractivity contribution < 1.29 is 24.2 Å². The molecule has 3 aliphatic heterocycles. The summed E-state index contributed by atoms with van der Waals surface area (Å²) in [5.41, 5.74) is 0.966. The molecule has 1 spiro atoms. The molecule has 7 nitrogen and oxygen atoms in total. The van der Waals surface area contributed by atoms with Gasteiger partial charge >= 0.3 is 5.97 Å². The van der Waals surface area contributed by atoms with E-state index < -0.39 is 34.6 Å². The maximum atomic E-state index is 14.5. The molecular formula is C30H39BrN2O5S. The van der Waals surface area contributed by atoms with Crippen molar-refractivity contribution in [2.45, 2.75) is 65.9 Å². The Kier molecular flexibility index (Phi) is 9.99. The number of unbranched alkanes of at least 4 members (excludes halogenated alkanes) is 2. The number of carbonyl (C=O) groups excluding carboxylic acids is 3. The summed E-state index contributed by atoms with van der Waals surface area (Å²) >= 11 is 5.36. The number of alkyl halides is 1. The third-order valence-corrected chi connectivity index (χ3v) is 11.4. The zero-order valence-electron chi connectivity index (χ0n) is 22.5. The fraction of sp³-hybridized carbons (Fsp3) is 0.567. The molecule has 0 aromatic heterocycles. The molecule has 39 heavy (non-hydrogen) atoms. The summed E-state index contributed by atoms with van der Waals surface area (Å²) in [5.74, 6) is -2.19. The van der Waals surface area contributed by atoms with Crippen molar-refractivity contribution >= 4 is 45.5 Å². The van der Waals surface area contributed by atoms with Crippen molar-refractivity contribution in [3.63, 3.8) is 0 Å². The molecule has 212 valence electrons. The van der Waals surface area contributed by atoms with Gasteiger partial charge in [-0.25, -0.2) is 0 Å². The molecule has 1 N–H and O–H groups in total. The van der Waals surface area contributed by atoms with Crippen LogP contribution in [0.2, 0.25) is 0 Å². The number of hydrogen-bond acceptors (Lipinski definition) is 6. The predicted octanol–water partition coefficient (Wildman–Crippen LogP) is 3.99. The standard InChI is InChI=1S/C30H39BrN2O5S/c1-4-7-11-15-32(14-5-2)28(36)26-30-18-22(31)25(39-30)23(29(37)38-16-6-3)24(30)27(35)33(26)21(19-34)17-20-12-9-8-10-13-20/h5-6,8-10,12-13,21-26,34H,2-4,7,11,14-19H2,1H3/t21-,22?,23-,24+,25-,26?,30?/m1/s1. The number of likely N-dealkylation sites (tertiary alicyclic amines) is 1. The number of esters is 1. The van der Waals surface area contributed by atoms with E-state index in [1.165, 1.54) is 6.08 Å². The van der Waals surface area contributed by atoms with E-state index in [1.807, 2.05) is 30.3 Å². The average molecular weight is 620 g/mol. The van der Waals surface area contributed by atoms with Crippen molar-refractivity contribution in [3.8, 4) is 0 Å². The minimum absolute atomic E-state index is 0.0438. The fourth-order valence-electron chi connectivity index (χ4n) is 6.56. The van der Waals surface area contributed by atoms with E-state index in [0.717, 1.165) is 24.8 Å². The first-order valence-corrected chi connectivity index (χ1v) is 15.6. The van der Waals surface area contributed by atoms with Crippen molar-refractivity contribution in [2.24, 2.45) is 11.8 Å². The van der Waals surface area contributed by atoms with Gasteiger partial charge in [0.05, 0.1) is 29.2 Å². The Balaban J connectivity index is 1.77. The molecular weight excluding hydrogens is 580 g/mol. The van der Waals surface area contributed by atoms with Crippen LogP contribution in [0, 0.1) is 11.8 Å². The Hall–Kier alpha value is -2.10. The largest absolute Gasteiger partial charge is 0.461 e. The number of aliphatic hydroxyl groups excluding tert-OH is 1. The van der Waals surface area contributed by atoms with E-state index in [1.54, 1.807) is 27.6 Å². The minimum Gasteiger partial charge on any atom is -0.461 e. The van der Waals surface area contributed by atoms with Gasteiger partial charge in [-0.15, -0.1) is 18.3 Å². The molecule has 3 unspecified atom stereocenters. The Morgan fingerprint density at radius 3 is 2.67 bits per heavy atom. The number of halogens is 1. The number of benzene rings is 1. The van der Waals surface area contributed by atoms with Crippen molar-refractivity contribution in [1.29, 1.82) is 0 Å². The van der Waals surface area contributed by atoms with Gasteiger partial charge < -0.3 is 19.6 Å². The highest BCUT2D eigenvalue weighted by Gasteiger charge is 2.76. The monoisotopic (exact) mass is 618 g/mol. The number of nitrogens with zero attached hydrogens (tertiary/aromatic N) is 2. The van der Waals surface area contributed by atoms with Crippen molar-refractivity contribution in [1.82, 2.24) is 9.80 Å². The van der Waals surface area contributed by atoms with E-state index in [2.05, 4.69) is 36.0 Å². The number of fused-ring (bicyclic) bond motifs is 1. The molecule has 0 saturated carbocycles. The van der Waals surface area contributed by atoms with Crippen LogP contribution >= 0.6 is 27.7 Å². The van der Waals surface area contributed by atoms with Crippen LogP contribution in [-0.4, -0.2) is 85.9 Å². The molecule has 3 saturated heterocycles. The van der Waals surface area contributed by atoms with Crippen molar-refractivity contribution in [3.05, 3.63) is 61.2 Å². The van der Waals surface area contributed by atoms with Gasteiger partial charge in [-0.05, 0) is 24.8 Å². The Labute approximate surface area is 244 Å². The minimum atomic E-state index is -0.801. The first-order chi connectivity index (χ1) is 18.8. The fourth-order valence-corrected chi connectivity index (χ4v) is 10.1. The average Bonchev–Trinajstić information content (AvgIpc) is 3.53. The lowest BCUT2D eigenvalue weighted by molar-refractivity contribution is -0.153. The number of ether oxygens (including phenoxy) is 1. The highest BCUT2D eigenvalue weighted by atomic mass is 79.9. The molecule has 0 radical (unpaired) electrons. The summed E-state index contributed by atoms with van der Waals surface area (Å²) in [7, 11) is 0. The van der Waals surface area contributed by atoms with Crippen LogP contribution in [0.1, 0.15) is 38.2 Å². The lowest BCUT2D eigenvalue weighted by Gasteiger charge is -2.40. The van der Waals surface area contributed by atoms with E-state index in [0.29, 0.717) is 25.9 Å². The summed E-state index contributed by atoms with van der Waals surface area (Å²) in [6.07, 6.45) is 7.09. The number of carbonyl (C=O) groups is 3. The highest BCUT2D eigenvalue weighted by molar-refractivity contribution is 9.09. The SMILES string of the molecule is C=CCOC(=O)[C@H]1[C@@H]2SC3(CC2Br)C(C(=O)N(CC=C)CCCCC)N([C@@H](CO)Cc2ccccc2)C(=O)[C@H]13. The third-order valence-electron chi connectivity index (χ3n) is 8.19. The van der Waals surface area contributed by atoms with Crippen LogP contribution in [0.25, 0.3) is 0 Å². The summed E-state index contributed by atoms with van der Waals surface area (Å²) in [4.78, 5) is 45.6.